The highest BCUT2D eigenvalue weighted by atomic mass is 16.5. The second kappa shape index (κ2) is 5.70. The fourth-order valence-corrected chi connectivity index (χ4v) is 1.46. The Labute approximate surface area is 102 Å². The highest BCUT2D eigenvalue weighted by molar-refractivity contribution is 5.67. The monoisotopic (exact) mass is 239 g/mol. The predicted octanol–water partition coefficient (Wildman–Crippen LogP) is 2.04. The Kier molecular flexibility index (Phi) is 4.54. The first kappa shape index (κ1) is 13.5. The van der Waals surface area contributed by atoms with Crippen molar-refractivity contribution in [3.8, 4) is 0 Å². The van der Waals surface area contributed by atoms with Crippen molar-refractivity contribution in [2.45, 2.75) is 40.3 Å². The third kappa shape index (κ3) is 4.46. The summed E-state index contributed by atoms with van der Waals surface area (Å²) in [4.78, 5) is 15.5. The largest absolute Gasteiger partial charge is 0.450 e. The Morgan fingerprint density at radius 2 is 2.24 bits per heavy atom. The number of nitrogens with one attached hydrogen (secondary N) is 1. The van der Waals surface area contributed by atoms with Crippen LogP contribution in [0.15, 0.2) is 18.7 Å². The highest BCUT2D eigenvalue weighted by Crippen LogP contribution is 2.20. The van der Waals surface area contributed by atoms with Crippen molar-refractivity contribution < 1.29 is 9.53 Å². The molecule has 1 amide bonds. The Morgan fingerprint density at radius 1 is 1.53 bits per heavy atom. The van der Waals surface area contributed by atoms with Crippen LogP contribution in [0.3, 0.4) is 0 Å². The van der Waals surface area contributed by atoms with E-state index in [0.717, 1.165) is 0 Å². The van der Waals surface area contributed by atoms with Gasteiger partial charge in [0.25, 0.3) is 0 Å². The average molecular weight is 239 g/mol. The molecule has 1 aromatic heterocycles. The lowest BCUT2D eigenvalue weighted by Crippen LogP contribution is -2.46. The van der Waals surface area contributed by atoms with Gasteiger partial charge in [-0.1, -0.05) is 20.8 Å². The van der Waals surface area contributed by atoms with Crippen LogP contribution in [0, 0.1) is 5.41 Å². The molecular weight excluding hydrogens is 218 g/mol. The molecule has 0 bridgehead atoms. The van der Waals surface area contributed by atoms with Crippen LogP contribution in [0.5, 0.6) is 0 Å². The van der Waals surface area contributed by atoms with Crippen molar-refractivity contribution >= 4 is 6.09 Å². The SMILES string of the molecule is CCOC(=O)NC(Cn1ccnc1)C(C)(C)C. The minimum atomic E-state index is -0.368. The number of hydrogen-bond donors (Lipinski definition) is 1. The Bertz CT molecular complexity index is 341. The van der Waals surface area contributed by atoms with E-state index in [1.165, 1.54) is 0 Å². The van der Waals surface area contributed by atoms with Crippen LogP contribution in [0.25, 0.3) is 0 Å². The van der Waals surface area contributed by atoms with Crippen molar-refractivity contribution in [2.24, 2.45) is 5.41 Å². The topological polar surface area (TPSA) is 56.1 Å². The lowest BCUT2D eigenvalue weighted by atomic mass is 9.86. The molecule has 0 fully saturated rings. The van der Waals surface area contributed by atoms with E-state index in [4.69, 9.17) is 4.74 Å². The van der Waals surface area contributed by atoms with Gasteiger partial charge in [0, 0.05) is 18.9 Å². The van der Waals surface area contributed by atoms with Crippen LogP contribution in [-0.2, 0) is 11.3 Å². The van der Waals surface area contributed by atoms with Crippen molar-refractivity contribution in [1.82, 2.24) is 14.9 Å². The van der Waals surface area contributed by atoms with Crippen LogP contribution in [0.2, 0.25) is 0 Å². The van der Waals surface area contributed by atoms with Crippen molar-refractivity contribution in [3.05, 3.63) is 18.7 Å². The van der Waals surface area contributed by atoms with Gasteiger partial charge < -0.3 is 14.6 Å². The number of nitrogens with zero attached hydrogens (tertiary/aromatic N) is 2. The zero-order valence-electron chi connectivity index (χ0n) is 10.9. The first-order valence-corrected chi connectivity index (χ1v) is 5.82. The van der Waals surface area contributed by atoms with E-state index >= 15 is 0 Å². The first-order valence-electron chi connectivity index (χ1n) is 5.82. The summed E-state index contributed by atoms with van der Waals surface area (Å²) in [6, 6.07) is -0.00394. The van der Waals surface area contributed by atoms with E-state index in [-0.39, 0.29) is 17.6 Å². The molecule has 0 aliphatic rings. The molecule has 96 valence electrons. The second-order valence-electron chi connectivity index (χ2n) is 5.04. The lowest BCUT2D eigenvalue weighted by Gasteiger charge is -2.31. The summed E-state index contributed by atoms with van der Waals surface area (Å²) in [5.74, 6) is 0. The third-order valence-corrected chi connectivity index (χ3v) is 2.57. The van der Waals surface area contributed by atoms with Crippen LogP contribution < -0.4 is 5.32 Å². The number of ether oxygens (including phenoxy) is 1. The molecule has 17 heavy (non-hydrogen) atoms. The lowest BCUT2D eigenvalue weighted by molar-refractivity contribution is 0.134. The fourth-order valence-electron chi connectivity index (χ4n) is 1.46. The smallest absolute Gasteiger partial charge is 0.407 e. The minimum absolute atomic E-state index is 0.00394. The summed E-state index contributed by atoms with van der Waals surface area (Å²) < 4.78 is 6.86. The molecule has 0 saturated heterocycles. The van der Waals surface area contributed by atoms with Gasteiger partial charge in [-0.25, -0.2) is 9.78 Å². The predicted molar refractivity (Wildman–Crippen MR) is 65.6 cm³/mol. The molecule has 1 aromatic rings. The molecule has 1 unspecified atom stereocenters. The maximum absolute atomic E-state index is 11.5. The Balaban J connectivity index is 2.65. The number of carbonyl (C=O) groups excluding carboxylic acids is 1. The fraction of sp³-hybridized carbons (Fsp3) is 0.667. The number of hydrogen-bond acceptors (Lipinski definition) is 3. The number of imidazole rings is 1. The van der Waals surface area contributed by atoms with Crippen molar-refractivity contribution in [2.75, 3.05) is 6.61 Å². The molecule has 1 N–H and O–H groups in total. The van der Waals surface area contributed by atoms with Gasteiger partial charge in [-0.3, -0.25) is 0 Å². The van der Waals surface area contributed by atoms with Gasteiger partial charge in [-0.05, 0) is 12.3 Å². The quantitative estimate of drug-likeness (QED) is 0.874. The molecule has 5 heteroatoms. The van der Waals surface area contributed by atoms with Gasteiger partial charge in [0.1, 0.15) is 0 Å². The van der Waals surface area contributed by atoms with Crippen LogP contribution in [0.1, 0.15) is 27.7 Å². The van der Waals surface area contributed by atoms with Gasteiger partial charge in [-0.15, -0.1) is 0 Å². The normalized spacial score (nSPS) is 13.2. The van der Waals surface area contributed by atoms with E-state index in [0.29, 0.717) is 13.2 Å². The van der Waals surface area contributed by atoms with Crippen LogP contribution in [0.4, 0.5) is 4.79 Å². The second-order valence-corrected chi connectivity index (χ2v) is 5.04. The molecule has 0 aromatic carbocycles. The summed E-state index contributed by atoms with van der Waals surface area (Å²) in [6.07, 6.45) is 4.98. The van der Waals surface area contributed by atoms with Gasteiger partial charge in [-0.2, -0.15) is 0 Å². The van der Waals surface area contributed by atoms with Gasteiger partial charge in [0.15, 0.2) is 0 Å². The molecule has 1 rings (SSSR count). The van der Waals surface area contributed by atoms with Crippen LogP contribution >= 0.6 is 0 Å². The van der Waals surface area contributed by atoms with E-state index in [1.807, 2.05) is 10.8 Å². The Morgan fingerprint density at radius 3 is 2.71 bits per heavy atom. The van der Waals surface area contributed by atoms with Crippen LogP contribution in [-0.4, -0.2) is 28.3 Å². The first-order chi connectivity index (χ1) is 7.93. The molecule has 0 spiro atoms. The summed E-state index contributed by atoms with van der Waals surface area (Å²) in [7, 11) is 0. The number of aromatic nitrogens is 2. The summed E-state index contributed by atoms with van der Waals surface area (Å²) in [6.45, 7) is 9.11. The number of amides is 1. The molecule has 1 heterocycles. The number of alkyl carbamates (subject to hydrolysis) is 1. The minimum Gasteiger partial charge on any atom is -0.450 e. The molecule has 5 nitrogen and oxygen atoms in total. The molecule has 0 aliphatic carbocycles. The van der Waals surface area contributed by atoms with E-state index in [9.17, 15) is 4.79 Å². The average Bonchev–Trinajstić information content (AvgIpc) is 2.68. The summed E-state index contributed by atoms with van der Waals surface area (Å²) in [5, 5.41) is 2.89. The van der Waals surface area contributed by atoms with E-state index < -0.39 is 0 Å². The van der Waals surface area contributed by atoms with Gasteiger partial charge in [0.2, 0.25) is 0 Å². The standard InChI is InChI=1S/C12H21N3O2/c1-5-17-11(16)14-10(12(2,3)4)8-15-7-6-13-9-15/h6-7,9-10H,5,8H2,1-4H3,(H,14,16). The van der Waals surface area contributed by atoms with Crippen molar-refractivity contribution in [1.29, 1.82) is 0 Å². The summed E-state index contributed by atoms with van der Waals surface area (Å²) >= 11 is 0. The van der Waals surface area contributed by atoms with Crippen molar-refractivity contribution in [3.63, 3.8) is 0 Å². The molecular formula is C12H21N3O2. The van der Waals surface area contributed by atoms with E-state index in [2.05, 4.69) is 31.1 Å². The zero-order valence-corrected chi connectivity index (χ0v) is 10.9. The molecule has 0 aliphatic heterocycles. The maximum atomic E-state index is 11.5. The number of carbonyl (C=O) groups is 1. The number of rotatable bonds is 4. The van der Waals surface area contributed by atoms with Gasteiger partial charge in [0.05, 0.1) is 19.0 Å². The third-order valence-electron chi connectivity index (χ3n) is 2.57. The highest BCUT2D eigenvalue weighted by Gasteiger charge is 2.26. The zero-order chi connectivity index (χ0) is 12.9. The molecule has 0 saturated carbocycles. The van der Waals surface area contributed by atoms with Gasteiger partial charge >= 0.3 is 6.09 Å². The molecule has 1 atom stereocenters. The molecule has 0 radical (unpaired) electrons. The summed E-state index contributed by atoms with van der Waals surface area (Å²) in [5.41, 5.74) is -0.0446. The maximum Gasteiger partial charge on any atom is 0.407 e. The van der Waals surface area contributed by atoms with E-state index in [1.54, 1.807) is 19.4 Å². The Hall–Kier alpha value is -1.52.